The topological polar surface area (TPSA) is 55.1 Å². The monoisotopic (exact) mass is 422 g/mol. The maximum atomic E-state index is 13.7. The van der Waals surface area contributed by atoms with Gasteiger partial charge in [-0.15, -0.1) is 0 Å². The Balaban J connectivity index is 1.55. The largest absolute Gasteiger partial charge is 0.431 e. The van der Waals surface area contributed by atoms with Crippen LogP contribution < -0.4 is 5.32 Å². The third-order valence-electron chi connectivity index (χ3n) is 4.24. The summed E-state index contributed by atoms with van der Waals surface area (Å²) in [6, 6.07) is 22.5. The quantitative estimate of drug-likeness (QED) is 0.386. The number of benzene rings is 3. The molecule has 0 fully saturated rings. The SMILES string of the molecule is O=C(CSc1nc(-c2ccccc2)c(-c2ccccc2)o1)Nc1c(F)cccc1F. The molecule has 1 N–H and O–H groups in total. The van der Waals surface area contributed by atoms with E-state index in [2.05, 4.69) is 10.3 Å². The zero-order chi connectivity index (χ0) is 20.9. The second kappa shape index (κ2) is 8.92. The first-order valence-corrected chi connectivity index (χ1v) is 10.1. The maximum absolute atomic E-state index is 13.7. The van der Waals surface area contributed by atoms with Gasteiger partial charge in [0.15, 0.2) is 5.76 Å². The lowest BCUT2D eigenvalue weighted by molar-refractivity contribution is -0.113. The number of thioether (sulfide) groups is 1. The Morgan fingerprint density at radius 2 is 1.47 bits per heavy atom. The van der Waals surface area contributed by atoms with E-state index in [4.69, 9.17) is 4.42 Å². The first-order chi connectivity index (χ1) is 14.6. The fourth-order valence-electron chi connectivity index (χ4n) is 2.86. The van der Waals surface area contributed by atoms with E-state index in [1.165, 1.54) is 6.07 Å². The molecular formula is C23H16F2N2O2S. The van der Waals surface area contributed by atoms with E-state index < -0.39 is 23.2 Å². The lowest BCUT2D eigenvalue weighted by Gasteiger charge is -2.06. The van der Waals surface area contributed by atoms with Gasteiger partial charge in [-0.05, 0) is 12.1 Å². The number of halogens is 2. The number of aromatic nitrogens is 1. The molecule has 0 unspecified atom stereocenters. The van der Waals surface area contributed by atoms with Gasteiger partial charge in [-0.25, -0.2) is 13.8 Å². The van der Waals surface area contributed by atoms with Crippen molar-refractivity contribution in [2.24, 2.45) is 0 Å². The minimum atomic E-state index is -0.831. The van der Waals surface area contributed by atoms with Gasteiger partial charge >= 0.3 is 0 Å². The van der Waals surface area contributed by atoms with Crippen molar-refractivity contribution >= 4 is 23.4 Å². The van der Waals surface area contributed by atoms with Crippen LogP contribution in [0, 0.1) is 11.6 Å². The smallest absolute Gasteiger partial charge is 0.257 e. The highest BCUT2D eigenvalue weighted by atomic mass is 32.2. The van der Waals surface area contributed by atoms with Gasteiger partial charge in [0.2, 0.25) is 5.91 Å². The van der Waals surface area contributed by atoms with Crippen LogP contribution in [0.5, 0.6) is 0 Å². The summed E-state index contributed by atoms with van der Waals surface area (Å²) >= 11 is 1.05. The molecule has 30 heavy (non-hydrogen) atoms. The summed E-state index contributed by atoms with van der Waals surface area (Å²) in [7, 11) is 0. The number of hydrogen-bond acceptors (Lipinski definition) is 4. The van der Waals surface area contributed by atoms with E-state index in [0.29, 0.717) is 11.5 Å². The predicted octanol–water partition coefficient (Wildman–Crippen LogP) is 6.02. The van der Waals surface area contributed by atoms with E-state index >= 15 is 0 Å². The third-order valence-corrected chi connectivity index (χ3v) is 5.07. The van der Waals surface area contributed by atoms with E-state index in [0.717, 1.165) is 35.0 Å². The number of amides is 1. The Bertz CT molecular complexity index is 1090. The van der Waals surface area contributed by atoms with E-state index in [-0.39, 0.29) is 11.0 Å². The number of para-hydroxylation sites is 1. The van der Waals surface area contributed by atoms with Crippen molar-refractivity contribution in [1.82, 2.24) is 4.98 Å². The lowest BCUT2D eigenvalue weighted by atomic mass is 10.1. The molecular weight excluding hydrogens is 406 g/mol. The number of hydrogen-bond donors (Lipinski definition) is 1. The summed E-state index contributed by atoms with van der Waals surface area (Å²) in [5, 5.41) is 2.54. The van der Waals surface area contributed by atoms with Gasteiger partial charge in [-0.2, -0.15) is 0 Å². The molecule has 4 aromatic rings. The van der Waals surface area contributed by atoms with E-state index in [9.17, 15) is 13.6 Å². The van der Waals surface area contributed by atoms with Crippen molar-refractivity contribution in [2.75, 3.05) is 11.1 Å². The molecule has 1 aromatic heterocycles. The fraction of sp³-hybridized carbons (Fsp3) is 0.0435. The highest BCUT2D eigenvalue weighted by Gasteiger charge is 2.18. The van der Waals surface area contributed by atoms with Crippen LogP contribution >= 0.6 is 11.8 Å². The van der Waals surface area contributed by atoms with Gasteiger partial charge < -0.3 is 9.73 Å². The van der Waals surface area contributed by atoms with Crippen LogP contribution in [-0.4, -0.2) is 16.6 Å². The molecule has 1 heterocycles. The molecule has 3 aromatic carbocycles. The molecule has 0 aliphatic rings. The highest BCUT2D eigenvalue weighted by Crippen LogP contribution is 2.35. The minimum absolute atomic E-state index is 0.114. The van der Waals surface area contributed by atoms with Gasteiger partial charge in [-0.3, -0.25) is 4.79 Å². The van der Waals surface area contributed by atoms with Crippen LogP contribution in [-0.2, 0) is 4.79 Å². The van der Waals surface area contributed by atoms with Crippen molar-refractivity contribution in [3.05, 3.63) is 90.5 Å². The molecule has 7 heteroatoms. The lowest BCUT2D eigenvalue weighted by Crippen LogP contribution is -2.16. The average molecular weight is 422 g/mol. The summed E-state index contributed by atoms with van der Waals surface area (Å²) in [5.41, 5.74) is 1.92. The molecule has 150 valence electrons. The molecule has 0 saturated carbocycles. The van der Waals surface area contributed by atoms with Crippen molar-refractivity contribution in [2.45, 2.75) is 5.22 Å². The molecule has 1 amide bonds. The molecule has 0 aliphatic carbocycles. The Morgan fingerprint density at radius 1 is 0.867 bits per heavy atom. The molecule has 0 bridgehead atoms. The number of rotatable bonds is 6. The van der Waals surface area contributed by atoms with Crippen LogP contribution in [0.2, 0.25) is 0 Å². The van der Waals surface area contributed by atoms with Gasteiger partial charge in [0.1, 0.15) is 23.0 Å². The summed E-state index contributed by atoms with van der Waals surface area (Å²) in [4.78, 5) is 16.7. The maximum Gasteiger partial charge on any atom is 0.257 e. The predicted molar refractivity (Wildman–Crippen MR) is 113 cm³/mol. The van der Waals surface area contributed by atoms with Crippen LogP contribution in [0.25, 0.3) is 22.6 Å². The first-order valence-electron chi connectivity index (χ1n) is 9.10. The normalized spacial score (nSPS) is 10.7. The minimum Gasteiger partial charge on any atom is -0.431 e. The third kappa shape index (κ3) is 4.41. The number of carbonyl (C=O) groups excluding carboxylic acids is 1. The molecule has 0 radical (unpaired) electrons. The molecule has 0 aliphatic heterocycles. The van der Waals surface area contributed by atoms with Crippen molar-refractivity contribution in [1.29, 1.82) is 0 Å². The zero-order valence-corrected chi connectivity index (χ0v) is 16.5. The number of anilines is 1. The van der Waals surface area contributed by atoms with E-state index in [1.807, 2.05) is 60.7 Å². The molecule has 0 spiro atoms. The number of nitrogens with one attached hydrogen (secondary N) is 1. The van der Waals surface area contributed by atoms with Gasteiger partial charge in [-0.1, -0.05) is 78.5 Å². The first kappa shape index (κ1) is 19.8. The number of nitrogens with zero attached hydrogens (tertiary/aromatic N) is 1. The second-order valence-corrected chi connectivity index (χ2v) is 7.25. The van der Waals surface area contributed by atoms with E-state index in [1.54, 1.807) is 0 Å². The molecule has 0 atom stereocenters. The summed E-state index contributed by atoms with van der Waals surface area (Å²) in [6.07, 6.45) is 0. The molecule has 4 nitrogen and oxygen atoms in total. The molecule has 0 saturated heterocycles. The average Bonchev–Trinajstić information content (AvgIpc) is 3.21. The second-order valence-electron chi connectivity index (χ2n) is 6.32. The van der Waals surface area contributed by atoms with Crippen molar-refractivity contribution < 1.29 is 18.0 Å². The van der Waals surface area contributed by atoms with Crippen LogP contribution in [0.1, 0.15) is 0 Å². The van der Waals surface area contributed by atoms with Gasteiger partial charge in [0.25, 0.3) is 5.22 Å². The number of oxazole rings is 1. The summed E-state index contributed by atoms with van der Waals surface area (Å²) < 4.78 is 33.4. The number of carbonyl (C=O) groups is 1. The highest BCUT2D eigenvalue weighted by molar-refractivity contribution is 7.99. The Morgan fingerprint density at radius 3 is 2.10 bits per heavy atom. The van der Waals surface area contributed by atoms with Crippen LogP contribution in [0.3, 0.4) is 0 Å². The summed E-state index contributed by atoms with van der Waals surface area (Å²) in [5.74, 6) is -1.75. The zero-order valence-electron chi connectivity index (χ0n) is 15.6. The van der Waals surface area contributed by atoms with Crippen LogP contribution in [0.15, 0.2) is 88.5 Å². The van der Waals surface area contributed by atoms with Gasteiger partial charge in [0, 0.05) is 11.1 Å². The summed E-state index contributed by atoms with van der Waals surface area (Å²) in [6.45, 7) is 0. The van der Waals surface area contributed by atoms with Crippen molar-refractivity contribution in [3.63, 3.8) is 0 Å². The Labute approximate surface area is 176 Å². The molecule has 4 rings (SSSR count). The van der Waals surface area contributed by atoms with Crippen LogP contribution in [0.4, 0.5) is 14.5 Å². The van der Waals surface area contributed by atoms with Crippen molar-refractivity contribution in [3.8, 4) is 22.6 Å². The Kier molecular flexibility index (Phi) is 5.90. The van der Waals surface area contributed by atoms with Gasteiger partial charge in [0.05, 0.1) is 5.75 Å². The fourth-order valence-corrected chi connectivity index (χ4v) is 3.48. The Hall–Kier alpha value is -3.45. The standard InChI is InChI=1S/C23H16F2N2O2S/c24-17-12-7-13-18(25)21(17)26-19(28)14-30-23-27-20(15-8-3-1-4-9-15)22(29-23)16-10-5-2-6-11-16/h1-13H,14H2,(H,26,28).